The van der Waals surface area contributed by atoms with E-state index in [1.54, 1.807) is 6.07 Å². The first kappa shape index (κ1) is 15.3. The summed E-state index contributed by atoms with van der Waals surface area (Å²) in [6, 6.07) is 6.22. The molecule has 0 radical (unpaired) electrons. The van der Waals surface area contributed by atoms with E-state index >= 15 is 0 Å². The van der Waals surface area contributed by atoms with Gasteiger partial charge >= 0.3 is 0 Å². The Kier molecular flexibility index (Phi) is 4.34. The third-order valence-corrected chi connectivity index (χ3v) is 5.21. The van der Waals surface area contributed by atoms with E-state index in [1.807, 2.05) is 19.1 Å². The van der Waals surface area contributed by atoms with E-state index in [4.69, 9.17) is 0 Å². The van der Waals surface area contributed by atoms with Gasteiger partial charge in [-0.3, -0.25) is 10.1 Å². The molecule has 5 heteroatoms. The summed E-state index contributed by atoms with van der Waals surface area (Å²) in [7, 11) is 0. The van der Waals surface area contributed by atoms with Crippen molar-refractivity contribution in [3.63, 3.8) is 0 Å². The molecule has 0 saturated carbocycles. The van der Waals surface area contributed by atoms with E-state index in [9.17, 15) is 10.1 Å². The molecule has 2 heterocycles. The fourth-order valence-corrected chi connectivity index (χ4v) is 3.85. The van der Waals surface area contributed by atoms with Crippen molar-refractivity contribution in [1.29, 1.82) is 0 Å². The average Bonchev–Trinajstić information content (AvgIpc) is 3.09. The Labute approximate surface area is 132 Å². The van der Waals surface area contributed by atoms with Gasteiger partial charge in [-0.25, -0.2) is 0 Å². The summed E-state index contributed by atoms with van der Waals surface area (Å²) in [6.45, 7) is 8.73. The topological polar surface area (TPSA) is 49.6 Å². The molecule has 2 aliphatic heterocycles. The number of nitrogens with zero attached hydrogens (tertiary/aromatic N) is 3. The highest BCUT2D eigenvalue weighted by Gasteiger charge is 2.28. The molecule has 1 aromatic rings. The van der Waals surface area contributed by atoms with Crippen molar-refractivity contribution >= 4 is 11.4 Å². The van der Waals surface area contributed by atoms with Gasteiger partial charge in [0.1, 0.15) is 0 Å². The maximum atomic E-state index is 10.9. The van der Waals surface area contributed by atoms with Crippen LogP contribution < -0.4 is 4.90 Å². The van der Waals surface area contributed by atoms with Gasteiger partial charge in [-0.15, -0.1) is 0 Å². The van der Waals surface area contributed by atoms with Crippen LogP contribution >= 0.6 is 0 Å². The van der Waals surface area contributed by atoms with Crippen LogP contribution in [0.2, 0.25) is 0 Å². The van der Waals surface area contributed by atoms with Crippen molar-refractivity contribution in [2.45, 2.75) is 39.2 Å². The average molecular weight is 303 g/mol. The molecular formula is C17H25N3O2. The lowest BCUT2D eigenvalue weighted by Gasteiger charge is -2.25. The smallest absolute Gasteiger partial charge is 0.272 e. The second-order valence-corrected chi connectivity index (χ2v) is 6.81. The van der Waals surface area contributed by atoms with Crippen LogP contribution in [0.25, 0.3) is 0 Å². The van der Waals surface area contributed by atoms with Gasteiger partial charge in [0.2, 0.25) is 0 Å². The quantitative estimate of drug-likeness (QED) is 0.633. The lowest BCUT2D eigenvalue weighted by atomic mass is 10.1. The first-order valence-corrected chi connectivity index (χ1v) is 8.28. The summed E-state index contributed by atoms with van der Waals surface area (Å²) < 4.78 is 0. The van der Waals surface area contributed by atoms with E-state index in [2.05, 4.69) is 16.7 Å². The van der Waals surface area contributed by atoms with E-state index in [1.165, 1.54) is 32.4 Å². The number of hydrogen-bond acceptors (Lipinski definition) is 4. The Morgan fingerprint density at radius 2 is 2.14 bits per heavy atom. The zero-order valence-corrected chi connectivity index (χ0v) is 13.5. The highest BCUT2D eigenvalue weighted by Crippen LogP contribution is 2.29. The largest absolute Gasteiger partial charge is 0.371 e. The van der Waals surface area contributed by atoms with Gasteiger partial charge in [0.15, 0.2) is 0 Å². The molecule has 2 saturated heterocycles. The molecule has 22 heavy (non-hydrogen) atoms. The lowest BCUT2D eigenvalue weighted by molar-refractivity contribution is -0.385. The highest BCUT2D eigenvalue weighted by molar-refractivity contribution is 5.55. The number of nitro benzene ring substituents is 1. The van der Waals surface area contributed by atoms with Gasteiger partial charge in [0, 0.05) is 43.0 Å². The second kappa shape index (κ2) is 6.24. The summed E-state index contributed by atoms with van der Waals surface area (Å²) in [6.07, 6.45) is 3.89. The summed E-state index contributed by atoms with van der Waals surface area (Å²) in [5.41, 5.74) is 2.09. The molecular weight excluding hydrogens is 278 g/mol. The molecule has 0 bridgehead atoms. The molecule has 0 unspecified atom stereocenters. The van der Waals surface area contributed by atoms with Gasteiger partial charge in [-0.05, 0) is 57.7 Å². The maximum absolute atomic E-state index is 10.9. The van der Waals surface area contributed by atoms with E-state index in [0.29, 0.717) is 0 Å². The molecule has 0 aliphatic carbocycles. The lowest BCUT2D eigenvalue weighted by Crippen LogP contribution is -2.33. The van der Waals surface area contributed by atoms with Crippen molar-refractivity contribution in [3.8, 4) is 0 Å². The minimum atomic E-state index is -0.305. The summed E-state index contributed by atoms with van der Waals surface area (Å²) >= 11 is 0. The third-order valence-electron chi connectivity index (χ3n) is 5.21. The summed E-state index contributed by atoms with van der Waals surface area (Å²) in [5.74, 6) is 0.719. The molecule has 2 aliphatic rings. The Morgan fingerprint density at radius 1 is 1.32 bits per heavy atom. The van der Waals surface area contributed by atoms with Crippen molar-refractivity contribution in [2.24, 2.45) is 5.92 Å². The first-order chi connectivity index (χ1) is 10.5. The predicted octanol–water partition coefficient (Wildman–Crippen LogP) is 3.21. The number of hydrogen-bond donors (Lipinski definition) is 0. The number of likely N-dealkylation sites (tertiary alicyclic amines) is 1. The minimum Gasteiger partial charge on any atom is -0.371 e. The molecule has 0 aromatic heterocycles. The van der Waals surface area contributed by atoms with Gasteiger partial charge < -0.3 is 9.80 Å². The summed E-state index contributed by atoms with van der Waals surface area (Å²) in [5, 5.41) is 10.9. The second-order valence-electron chi connectivity index (χ2n) is 6.81. The van der Waals surface area contributed by atoms with E-state index in [-0.39, 0.29) is 10.6 Å². The number of aryl methyl sites for hydroxylation is 1. The van der Waals surface area contributed by atoms with Crippen molar-refractivity contribution in [3.05, 3.63) is 33.9 Å². The molecule has 5 nitrogen and oxygen atoms in total. The molecule has 0 N–H and O–H groups in total. The fraction of sp³-hybridized carbons (Fsp3) is 0.647. The van der Waals surface area contributed by atoms with Crippen LogP contribution in [0, 0.1) is 23.0 Å². The van der Waals surface area contributed by atoms with Crippen LogP contribution in [0.15, 0.2) is 18.2 Å². The monoisotopic (exact) mass is 303 g/mol. The Morgan fingerprint density at radius 3 is 2.77 bits per heavy atom. The molecule has 0 spiro atoms. The van der Waals surface area contributed by atoms with Crippen molar-refractivity contribution in [2.75, 3.05) is 31.1 Å². The molecule has 3 rings (SSSR count). The molecule has 0 amide bonds. The number of rotatable bonds is 4. The molecule has 2 fully saturated rings. The summed E-state index contributed by atoms with van der Waals surface area (Å²) in [4.78, 5) is 15.6. The van der Waals surface area contributed by atoms with Gasteiger partial charge in [-0.2, -0.15) is 0 Å². The van der Waals surface area contributed by atoms with Crippen LogP contribution in [-0.4, -0.2) is 42.0 Å². The highest BCUT2D eigenvalue weighted by atomic mass is 16.6. The van der Waals surface area contributed by atoms with Crippen molar-refractivity contribution < 1.29 is 4.92 Å². The van der Waals surface area contributed by atoms with Gasteiger partial charge in [0.05, 0.1) is 4.92 Å². The van der Waals surface area contributed by atoms with Crippen LogP contribution in [0.5, 0.6) is 0 Å². The van der Waals surface area contributed by atoms with E-state index < -0.39 is 0 Å². The van der Waals surface area contributed by atoms with Crippen molar-refractivity contribution in [1.82, 2.24) is 4.90 Å². The molecule has 1 aromatic carbocycles. The van der Waals surface area contributed by atoms with Gasteiger partial charge in [0.25, 0.3) is 5.69 Å². The SMILES string of the molecule is Cc1cc(N2CC[C@H](CN3CCC[C@@H]3C)C2)ccc1[N+](=O)[O-]. The minimum absolute atomic E-state index is 0.213. The number of anilines is 1. The van der Waals surface area contributed by atoms with Crippen LogP contribution in [0.1, 0.15) is 31.7 Å². The van der Waals surface area contributed by atoms with Crippen LogP contribution in [0.3, 0.4) is 0 Å². The molecule has 2 atom stereocenters. The third kappa shape index (κ3) is 3.09. The molecule has 120 valence electrons. The van der Waals surface area contributed by atoms with Gasteiger partial charge in [-0.1, -0.05) is 0 Å². The normalized spacial score (nSPS) is 25.8. The zero-order chi connectivity index (χ0) is 15.7. The number of benzene rings is 1. The van der Waals surface area contributed by atoms with Crippen LogP contribution in [-0.2, 0) is 0 Å². The zero-order valence-electron chi connectivity index (χ0n) is 13.5. The first-order valence-electron chi connectivity index (χ1n) is 8.28. The van der Waals surface area contributed by atoms with E-state index in [0.717, 1.165) is 36.3 Å². The Hall–Kier alpha value is -1.62. The Bertz CT molecular complexity index is 561. The van der Waals surface area contributed by atoms with Crippen LogP contribution in [0.4, 0.5) is 11.4 Å². The predicted molar refractivity (Wildman–Crippen MR) is 88.4 cm³/mol. The standard InChI is InChI=1S/C17H25N3O2/c1-13-10-16(5-6-17(13)20(21)22)19-9-7-15(12-19)11-18-8-3-4-14(18)2/h5-6,10,14-15H,3-4,7-9,11-12H2,1-2H3/t14-,15+/m0/s1. The number of nitro groups is 1. The fourth-order valence-electron chi connectivity index (χ4n) is 3.85. The maximum Gasteiger partial charge on any atom is 0.272 e. The Balaban J connectivity index is 1.62.